The summed E-state index contributed by atoms with van der Waals surface area (Å²) in [5, 5.41) is 0. The van der Waals surface area contributed by atoms with E-state index in [1.807, 2.05) is 67.6 Å². The zero-order valence-corrected chi connectivity index (χ0v) is 21.2. The van der Waals surface area contributed by atoms with Crippen molar-refractivity contribution in [1.29, 1.82) is 0 Å². The molecule has 35 heavy (non-hydrogen) atoms. The third-order valence-electron chi connectivity index (χ3n) is 6.86. The van der Waals surface area contributed by atoms with Crippen LogP contribution in [0.2, 0.25) is 0 Å². The van der Waals surface area contributed by atoms with Crippen LogP contribution in [0.15, 0.2) is 89.8 Å². The van der Waals surface area contributed by atoms with Crippen LogP contribution in [-0.4, -0.2) is 17.7 Å². The van der Waals surface area contributed by atoms with Crippen molar-refractivity contribution in [3.8, 4) is 11.1 Å². The number of sulfonamides is 1. The second-order valence-corrected chi connectivity index (χ2v) is 10.9. The predicted molar refractivity (Wildman–Crippen MR) is 141 cm³/mol. The molecule has 0 spiro atoms. The monoisotopic (exact) mass is 482 g/mol. The molecular weight excluding hydrogens is 452 g/mol. The molecule has 4 aromatic rings. The highest BCUT2D eigenvalue weighted by atomic mass is 32.2. The molecule has 0 amide bonds. The number of aryl methyl sites for hydroxylation is 2. The van der Waals surface area contributed by atoms with Gasteiger partial charge in [-0.3, -0.25) is 4.98 Å². The third-order valence-corrected chi connectivity index (χ3v) is 8.69. The first-order valence-electron chi connectivity index (χ1n) is 12.2. The zero-order valence-electron chi connectivity index (χ0n) is 20.4. The molecule has 5 heteroatoms. The smallest absolute Gasteiger partial charge is 0.244 e. The molecule has 1 aliphatic heterocycles. The third kappa shape index (κ3) is 4.09. The van der Waals surface area contributed by atoms with Gasteiger partial charge in [-0.1, -0.05) is 92.2 Å². The Bertz CT molecular complexity index is 1450. The molecule has 1 aromatic heterocycles. The molecule has 1 atom stereocenters. The van der Waals surface area contributed by atoms with Crippen molar-refractivity contribution >= 4 is 10.0 Å². The van der Waals surface area contributed by atoms with Crippen LogP contribution < -0.4 is 0 Å². The van der Waals surface area contributed by atoms with Gasteiger partial charge in [0.1, 0.15) is 0 Å². The van der Waals surface area contributed by atoms with Crippen LogP contribution in [0.3, 0.4) is 0 Å². The van der Waals surface area contributed by atoms with Crippen LogP contribution >= 0.6 is 0 Å². The largest absolute Gasteiger partial charge is 0.256 e. The lowest BCUT2D eigenvalue weighted by molar-refractivity contribution is 0.386. The van der Waals surface area contributed by atoms with Gasteiger partial charge in [0.2, 0.25) is 10.0 Å². The average molecular weight is 483 g/mol. The molecule has 0 saturated carbocycles. The number of nitrogens with zero attached hydrogens (tertiary/aromatic N) is 2. The Labute approximate surface area is 208 Å². The van der Waals surface area contributed by atoms with E-state index >= 15 is 0 Å². The molecule has 1 unspecified atom stereocenters. The van der Waals surface area contributed by atoms with Gasteiger partial charge in [-0.2, -0.15) is 4.31 Å². The Kier molecular flexibility index (Phi) is 6.30. The second kappa shape index (κ2) is 9.40. The van der Waals surface area contributed by atoms with Crippen LogP contribution in [-0.2, 0) is 29.4 Å². The Balaban J connectivity index is 1.80. The van der Waals surface area contributed by atoms with E-state index in [-0.39, 0.29) is 6.54 Å². The summed E-state index contributed by atoms with van der Waals surface area (Å²) in [4.78, 5) is 5.38. The van der Waals surface area contributed by atoms with E-state index in [0.29, 0.717) is 4.90 Å². The van der Waals surface area contributed by atoms with Crippen LogP contribution in [0.1, 0.15) is 53.5 Å². The van der Waals surface area contributed by atoms with Crippen molar-refractivity contribution in [3.63, 3.8) is 0 Å². The molecular formula is C30H30N2O2S. The van der Waals surface area contributed by atoms with Gasteiger partial charge in [0.05, 0.1) is 23.2 Å². The van der Waals surface area contributed by atoms with Gasteiger partial charge in [-0.05, 0) is 54.2 Å². The molecule has 3 aromatic carbocycles. The summed E-state index contributed by atoms with van der Waals surface area (Å²) in [6.45, 7) is 6.49. The van der Waals surface area contributed by atoms with Crippen molar-refractivity contribution in [2.24, 2.45) is 0 Å². The Hall–Kier alpha value is -3.28. The molecule has 1 aliphatic rings. The van der Waals surface area contributed by atoms with Gasteiger partial charge in [0.15, 0.2) is 0 Å². The molecule has 0 saturated heterocycles. The van der Waals surface area contributed by atoms with Crippen molar-refractivity contribution < 1.29 is 8.42 Å². The van der Waals surface area contributed by atoms with E-state index in [4.69, 9.17) is 4.98 Å². The van der Waals surface area contributed by atoms with Crippen molar-refractivity contribution in [2.45, 2.75) is 51.1 Å². The number of aromatic nitrogens is 1. The fourth-order valence-electron chi connectivity index (χ4n) is 5.19. The number of rotatable bonds is 6. The van der Waals surface area contributed by atoms with Crippen LogP contribution in [0.5, 0.6) is 0 Å². The van der Waals surface area contributed by atoms with E-state index in [2.05, 4.69) is 26.0 Å². The van der Waals surface area contributed by atoms with Gasteiger partial charge in [-0.25, -0.2) is 8.42 Å². The molecule has 0 N–H and O–H groups in total. The van der Waals surface area contributed by atoms with E-state index in [1.54, 1.807) is 16.4 Å². The quantitative estimate of drug-likeness (QED) is 0.316. The maximum Gasteiger partial charge on any atom is 0.244 e. The summed E-state index contributed by atoms with van der Waals surface area (Å²) in [5.41, 5.74) is 8.32. The molecule has 0 aliphatic carbocycles. The van der Waals surface area contributed by atoms with Crippen molar-refractivity contribution in [3.05, 3.63) is 119 Å². The Morgan fingerprint density at radius 2 is 1.49 bits per heavy atom. The highest BCUT2D eigenvalue weighted by molar-refractivity contribution is 7.89. The van der Waals surface area contributed by atoms with E-state index in [9.17, 15) is 8.42 Å². The summed E-state index contributed by atoms with van der Waals surface area (Å²) >= 11 is 0. The number of hydrogen-bond donors (Lipinski definition) is 0. The minimum atomic E-state index is -3.77. The molecule has 0 fully saturated rings. The predicted octanol–water partition coefficient (Wildman–Crippen LogP) is 6.48. The first-order chi connectivity index (χ1) is 17.0. The van der Waals surface area contributed by atoms with Gasteiger partial charge < -0.3 is 0 Å². The Morgan fingerprint density at radius 1 is 0.857 bits per heavy atom. The van der Waals surface area contributed by atoms with E-state index in [1.165, 1.54) is 5.56 Å². The van der Waals surface area contributed by atoms with Gasteiger partial charge in [-0.15, -0.1) is 0 Å². The average Bonchev–Trinajstić information content (AvgIpc) is 3.28. The van der Waals surface area contributed by atoms with Crippen molar-refractivity contribution in [2.75, 3.05) is 0 Å². The molecule has 0 bridgehead atoms. The summed E-state index contributed by atoms with van der Waals surface area (Å²) < 4.78 is 29.7. The molecule has 2 heterocycles. The highest BCUT2D eigenvalue weighted by Gasteiger charge is 2.43. The van der Waals surface area contributed by atoms with Crippen molar-refractivity contribution in [1.82, 2.24) is 9.29 Å². The van der Waals surface area contributed by atoms with Crippen LogP contribution in [0, 0.1) is 6.92 Å². The summed E-state index contributed by atoms with van der Waals surface area (Å²) in [6.07, 6.45) is 1.64. The fraction of sp³-hybridized carbons (Fsp3) is 0.233. The number of pyridine rings is 1. The first-order valence-corrected chi connectivity index (χ1v) is 13.6. The topological polar surface area (TPSA) is 50.3 Å². The lowest BCUT2D eigenvalue weighted by Crippen LogP contribution is -2.30. The van der Waals surface area contributed by atoms with Gasteiger partial charge in [0, 0.05) is 11.3 Å². The standard InChI is InChI=1S/C30H30N2O2S/c1-4-25-26(5-2)31-27-20-32(35(33,34)24-18-16-21(3)17-19-24)30(23-14-10-7-11-15-23)29(27)28(25)22-12-8-6-9-13-22/h6-19,30H,4-5,20H2,1-3H3. The second-order valence-electron chi connectivity index (χ2n) is 9.02. The fourth-order valence-corrected chi connectivity index (χ4v) is 6.73. The Morgan fingerprint density at radius 3 is 2.09 bits per heavy atom. The number of fused-ring (bicyclic) bond motifs is 1. The normalized spacial score (nSPS) is 15.8. The zero-order chi connectivity index (χ0) is 24.6. The van der Waals surface area contributed by atoms with Gasteiger partial charge in [0.25, 0.3) is 0 Å². The lowest BCUT2D eigenvalue weighted by Gasteiger charge is -2.27. The highest BCUT2D eigenvalue weighted by Crippen LogP contribution is 2.47. The maximum atomic E-state index is 14.1. The van der Waals surface area contributed by atoms with E-state index in [0.717, 1.165) is 52.0 Å². The molecule has 178 valence electrons. The van der Waals surface area contributed by atoms with Crippen LogP contribution in [0.25, 0.3) is 11.1 Å². The number of benzene rings is 3. The summed E-state index contributed by atoms with van der Waals surface area (Å²) in [5.74, 6) is 0. The molecule has 4 nitrogen and oxygen atoms in total. The van der Waals surface area contributed by atoms with Crippen LogP contribution in [0.4, 0.5) is 0 Å². The maximum absolute atomic E-state index is 14.1. The lowest BCUT2D eigenvalue weighted by atomic mass is 9.87. The minimum Gasteiger partial charge on any atom is -0.256 e. The van der Waals surface area contributed by atoms with Gasteiger partial charge >= 0.3 is 0 Å². The SMILES string of the molecule is CCc1nc2c(c(-c3ccccc3)c1CC)C(c1ccccc1)N(S(=O)(=O)c1ccc(C)cc1)C2. The molecule has 0 radical (unpaired) electrons. The first kappa shape index (κ1) is 23.5. The van der Waals surface area contributed by atoms with E-state index < -0.39 is 16.1 Å². The number of hydrogen-bond acceptors (Lipinski definition) is 3. The molecule has 5 rings (SSSR count). The summed E-state index contributed by atoms with van der Waals surface area (Å²) in [7, 11) is -3.77. The summed E-state index contributed by atoms with van der Waals surface area (Å²) in [6, 6.07) is 27.0. The minimum absolute atomic E-state index is 0.252.